The first kappa shape index (κ1) is 16.2. The first-order chi connectivity index (χ1) is 10.2. The first-order valence-corrected chi connectivity index (χ1v) is 7.86. The van der Waals surface area contributed by atoms with Crippen LogP contribution in [0.1, 0.15) is 5.56 Å². The minimum Gasteiger partial charge on any atom is -0.456 e. The van der Waals surface area contributed by atoms with E-state index in [1.54, 1.807) is 25.1 Å². The molecule has 0 radical (unpaired) electrons. The van der Waals surface area contributed by atoms with E-state index in [0.717, 1.165) is 17.7 Å². The van der Waals surface area contributed by atoms with Crippen LogP contribution in [-0.4, -0.2) is 13.3 Å². The third-order valence-corrected chi connectivity index (χ3v) is 4.16. The van der Waals surface area contributed by atoms with E-state index in [1.165, 1.54) is 6.07 Å². The van der Waals surface area contributed by atoms with Gasteiger partial charge in [0.05, 0.1) is 4.92 Å². The Kier molecular flexibility index (Phi) is 4.36. The molecule has 0 aromatic heterocycles. The number of non-ortho nitro benzene ring substituents is 1. The Morgan fingerprint density at radius 2 is 1.91 bits per heavy atom. The number of sulfonamides is 1. The highest BCUT2D eigenvalue weighted by atomic mass is 35.5. The molecule has 2 aromatic rings. The summed E-state index contributed by atoms with van der Waals surface area (Å²) in [5.41, 5.74) is 0.335. The molecule has 0 amide bonds. The van der Waals surface area contributed by atoms with Crippen molar-refractivity contribution in [1.29, 1.82) is 0 Å². The van der Waals surface area contributed by atoms with Crippen LogP contribution < -0.4 is 9.88 Å². The van der Waals surface area contributed by atoms with Gasteiger partial charge in [-0.1, -0.05) is 11.6 Å². The third kappa shape index (κ3) is 3.53. The number of nitro groups is 1. The van der Waals surface area contributed by atoms with E-state index in [0.29, 0.717) is 10.8 Å². The number of primary sulfonamides is 1. The van der Waals surface area contributed by atoms with Crippen LogP contribution in [0, 0.1) is 17.0 Å². The molecular formula is C13H11ClN2O5S. The van der Waals surface area contributed by atoms with Crippen LogP contribution in [-0.2, 0) is 10.0 Å². The second-order valence-electron chi connectivity index (χ2n) is 4.45. The molecule has 0 saturated carbocycles. The van der Waals surface area contributed by atoms with Crippen LogP contribution in [0.5, 0.6) is 11.5 Å². The van der Waals surface area contributed by atoms with Gasteiger partial charge in [0.25, 0.3) is 5.69 Å². The molecule has 0 saturated heterocycles. The van der Waals surface area contributed by atoms with E-state index in [4.69, 9.17) is 21.5 Å². The largest absolute Gasteiger partial charge is 0.456 e. The summed E-state index contributed by atoms with van der Waals surface area (Å²) in [4.78, 5) is 9.57. The van der Waals surface area contributed by atoms with Gasteiger partial charge in [0.15, 0.2) is 0 Å². The van der Waals surface area contributed by atoms with Gasteiger partial charge in [0, 0.05) is 17.2 Å². The molecule has 0 aliphatic heterocycles. The smallest absolute Gasteiger partial charge is 0.271 e. The van der Waals surface area contributed by atoms with Gasteiger partial charge in [0.1, 0.15) is 16.4 Å². The summed E-state index contributed by atoms with van der Waals surface area (Å²) in [6.07, 6.45) is 0. The number of hydrogen-bond donors (Lipinski definition) is 1. The van der Waals surface area contributed by atoms with Gasteiger partial charge in [-0.15, -0.1) is 0 Å². The van der Waals surface area contributed by atoms with Crippen molar-refractivity contribution in [2.45, 2.75) is 11.8 Å². The Morgan fingerprint density at radius 1 is 1.23 bits per heavy atom. The lowest BCUT2D eigenvalue weighted by Crippen LogP contribution is -2.13. The van der Waals surface area contributed by atoms with Crippen LogP contribution in [0.25, 0.3) is 0 Å². The second kappa shape index (κ2) is 5.91. The topological polar surface area (TPSA) is 113 Å². The molecule has 0 fully saturated rings. The minimum absolute atomic E-state index is 0.102. The summed E-state index contributed by atoms with van der Waals surface area (Å²) in [5, 5.41) is 16.4. The zero-order valence-electron chi connectivity index (χ0n) is 11.3. The molecule has 0 bridgehead atoms. The van der Waals surface area contributed by atoms with Gasteiger partial charge < -0.3 is 4.74 Å². The van der Waals surface area contributed by atoms with Crippen LogP contribution in [0.4, 0.5) is 5.69 Å². The highest BCUT2D eigenvalue weighted by molar-refractivity contribution is 7.89. The zero-order chi connectivity index (χ0) is 16.5. The fourth-order valence-electron chi connectivity index (χ4n) is 1.72. The number of nitrogens with two attached hydrogens (primary N) is 1. The SMILES string of the molecule is Cc1cc(Oc2ccc([N+](=O)[O-])cc2S(N)(=O)=O)ccc1Cl. The fraction of sp³-hybridized carbons (Fsp3) is 0.0769. The average molecular weight is 343 g/mol. The third-order valence-electron chi connectivity index (χ3n) is 2.80. The Hall–Kier alpha value is -2.16. The summed E-state index contributed by atoms with van der Waals surface area (Å²) >= 11 is 5.90. The van der Waals surface area contributed by atoms with E-state index >= 15 is 0 Å². The Labute approximate surface area is 131 Å². The number of aryl methyl sites for hydroxylation is 1. The summed E-state index contributed by atoms with van der Waals surface area (Å²) < 4.78 is 28.7. The summed E-state index contributed by atoms with van der Waals surface area (Å²) in [6, 6.07) is 7.91. The molecule has 0 atom stereocenters. The van der Waals surface area contributed by atoms with Crippen molar-refractivity contribution in [2.24, 2.45) is 5.14 Å². The van der Waals surface area contributed by atoms with Gasteiger partial charge in [-0.25, -0.2) is 13.6 Å². The normalized spacial score (nSPS) is 11.2. The molecule has 0 unspecified atom stereocenters. The van der Waals surface area contributed by atoms with Crippen molar-refractivity contribution in [2.75, 3.05) is 0 Å². The molecule has 22 heavy (non-hydrogen) atoms. The summed E-state index contributed by atoms with van der Waals surface area (Å²) in [7, 11) is -4.18. The number of rotatable bonds is 4. The maximum absolute atomic E-state index is 11.6. The maximum atomic E-state index is 11.6. The van der Waals surface area contributed by atoms with Crippen molar-refractivity contribution in [1.82, 2.24) is 0 Å². The van der Waals surface area contributed by atoms with Gasteiger partial charge in [-0.05, 0) is 36.8 Å². The number of hydrogen-bond acceptors (Lipinski definition) is 5. The van der Waals surface area contributed by atoms with Crippen molar-refractivity contribution < 1.29 is 18.1 Å². The van der Waals surface area contributed by atoms with E-state index in [2.05, 4.69) is 0 Å². The molecule has 0 heterocycles. The number of nitro benzene ring substituents is 1. The summed E-state index contributed by atoms with van der Waals surface area (Å²) in [5.74, 6) is 0.232. The number of nitrogens with zero attached hydrogens (tertiary/aromatic N) is 1. The van der Waals surface area contributed by atoms with Crippen molar-refractivity contribution in [3.63, 3.8) is 0 Å². The molecule has 0 spiro atoms. The maximum Gasteiger partial charge on any atom is 0.271 e. The second-order valence-corrected chi connectivity index (χ2v) is 6.38. The highest BCUT2D eigenvalue weighted by Gasteiger charge is 2.20. The molecular weight excluding hydrogens is 332 g/mol. The van der Waals surface area contributed by atoms with Gasteiger partial charge in [0.2, 0.25) is 10.0 Å². The number of halogens is 1. The van der Waals surface area contributed by atoms with Crippen molar-refractivity contribution in [3.05, 3.63) is 57.1 Å². The molecule has 2 aromatic carbocycles. The van der Waals surface area contributed by atoms with Crippen molar-refractivity contribution >= 4 is 27.3 Å². The minimum atomic E-state index is -4.18. The molecule has 9 heteroatoms. The standard InChI is InChI=1S/C13H11ClN2O5S/c1-8-6-10(3-4-11(8)14)21-12-5-2-9(16(17)18)7-13(12)22(15,19)20/h2-7H,1H3,(H2,15,19,20). The molecule has 2 N–H and O–H groups in total. The fourth-order valence-corrected chi connectivity index (χ4v) is 2.52. The Morgan fingerprint density at radius 3 is 2.45 bits per heavy atom. The van der Waals surface area contributed by atoms with Crippen LogP contribution in [0.3, 0.4) is 0 Å². The van der Waals surface area contributed by atoms with E-state index in [-0.39, 0.29) is 5.75 Å². The number of benzene rings is 2. The molecule has 2 rings (SSSR count). The van der Waals surface area contributed by atoms with Crippen molar-refractivity contribution in [3.8, 4) is 11.5 Å². The predicted molar refractivity (Wildman–Crippen MR) is 80.7 cm³/mol. The highest BCUT2D eigenvalue weighted by Crippen LogP contribution is 2.32. The van der Waals surface area contributed by atoms with E-state index in [9.17, 15) is 18.5 Å². The lowest BCUT2D eigenvalue weighted by Gasteiger charge is -2.10. The quantitative estimate of drug-likeness (QED) is 0.677. The summed E-state index contributed by atoms with van der Waals surface area (Å²) in [6.45, 7) is 1.76. The van der Waals surface area contributed by atoms with Gasteiger partial charge in [-0.2, -0.15) is 0 Å². The van der Waals surface area contributed by atoms with Gasteiger partial charge >= 0.3 is 0 Å². The molecule has 0 aliphatic carbocycles. The Balaban J connectivity index is 2.50. The molecule has 116 valence electrons. The first-order valence-electron chi connectivity index (χ1n) is 5.94. The van der Waals surface area contributed by atoms with Gasteiger partial charge in [-0.3, -0.25) is 10.1 Å². The predicted octanol–water partition coefficient (Wildman–Crippen LogP) is 3.00. The van der Waals surface area contributed by atoms with Crippen LogP contribution >= 0.6 is 11.6 Å². The zero-order valence-corrected chi connectivity index (χ0v) is 12.9. The average Bonchev–Trinajstić information content (AvgIpc) is 2.42. The lowest BCUT2D eigenvalue weighted by molar-refractivity contribution is -0.385. The monoisotopic (exact) mass is 342 g/mol. The molecule has 7 nitrogen and oxygen atoms in total. The number of ether oxygens (including phenoxy) is 1. The van der Waals surface area contributed by atoms with E-state index < -0.39 is 25.5 Å². The van der Waals surface area contributed by atoms with E-state index in [1.807, 2.05) is 0 Å². The Bertz CT molecular complexity index is 852. The molecule has 0 aliphatic rings. The van der Waals surface area contributed by atoms with Crippen LogP contribution in [0.2, 0.25) is 5.02 Å². The van der Waals surface area contributed by atoms with Crippen LogP contribution in [0.15, 0.2) is 41.3 Å². The lowest BCUT2D eigenvalue weighted by atomic mass is 10.2.